The van der Waals surface area contributed by atoms with E-state index in [1.165, 1.54) is 5.56 Å². The summed E-state index contributed by atoms with van der Waals surface area (Å²) < 4.78 is 12.2. The van der Waals surface area contributed by atoms with E-state index in [-0.39, 0.29) is 6.29 Å². The molecule has 0 bridgehead atoms. The van der Waals surface area contributed by atoms with Crippen molar-refractivity contribution in [3.63, 3.8) is 0 Å². The highest BCUT2D eigenvalue weighted by Crippen LogP contribution is 2.15. The van der Waals surface area contributed by atoms with Crippen LogP contribution in [0.2, 0.25) is 0 Å². The van der Waals surface area contributed by atoms with Crippen molar-refractivity contribution in [3.8, 4) is 0 Å². The van der Waals surface area contributed by atoms with Crippen LogP contribution in [0.15, 0.2) is 28.7 Å². The zero-order valence-electron chi connectivity index (χ0n) is 11.8. The largest absolute Gasteiger partial charge is 0.353 e. The molecule has 0 aromatic heterocycles. The van der Waals surface area contributed by atoms with E-state index in [0.29, 0.717) is 13.2 Å². The van der Waals surface area contributed by atoms with Crippen LogP contribution in [0.4, 0.5) is 0 Å². The molecule has 0 unspecified atom stereocenters. The molecule has 0 aliphatic heterocycles. The number of rotatable bonds is 10. The molecule has 0 atom stereocenters. The van der Waals surface area contributed by atoms with E-state index in [1.54, 1.807) is 0 Å². The van der Waals surface area contributed by atoms with Gasteiger partial charge in [-0.3, -0.25) is 0 Å². The van der Waals surface area contributed by atoms with E-state index in [1.807, 2.05) is 19.9 Å². The SMILES string of the molecule is CCOC(CCCNCc1ccccc1Br)OCC. The number of hydrogen-bond donors (Lipinski definition) is 1. The maximum absolute atomic E-state index is 5.51. The summed E-state index contributed by atoms with van der Waals surface area (Å²) in [6.45, 7) is 7.26. The molecular formula is C15H24BrNO2. The minimum atomic E-state index is -0.0553. The molecule has 1 rings (SSSR count). The van der Waals surface area contributed by atoms with Gasteiger partial charge in [0.2, 0.25) is 0 Å². The molecule has 1 aromatic rings. The van der Waals surface area contributed by atoms with Gasteiger partial charge in [-0.2, -0.15) is 0 Å². The summed E-state index contributed by atoms with van der Waals surface area (Å²) >= 11 is 3.55. The van der Waals surface area contributed by atoms with Gasteiger partial charge in [-0.15, -0.1) is 0 Å². The lowest BCUT2D eigenvalue weighted by atomic mass is 10.2. The highest BCUT2D eigenvalue weighted by atomic mass is 79.9. The lowest BCUT2D eigenvalue weighted by Crippen LogP contribution is -2.21. The zero-order chi connectivity index (χ0) is 13.9. The molecule has 1 aromatic carbocycles. The average Bonchev–Trinajstić information content (AvgIpc) is 2.41. The maximum Gasteiger partial charge on any atom is 0.157 e. The van der Waals surface area contributed by atoms with Gasteiger partial charge < -0.3 is 14.8 Å². The van der Waals surface area contributed by atoms with Crippen LogP contribution < -0.4 is 5.32 Å². The third-order valence-electron chi connectivity index (χ3n) is 2.77. The second-order valence-electron chi connectivity index (χ2n) is 4.25. The van der Waals surface area contributed by atoms with Gasteiger partial charge >= 0.3 is 0 Å². The Morgan fingerprint density at radius 1 is 1.16 bits per heavy atom. The van der Waals surface area contributed by atoms with Crippen LogP contribution in [0.3, 0.4) is 0 Å². The number of nitrogens with one attached hydrogen (secondary N) is 1. The van der Waals surface area contributed by atoms with Crippen LogP contribution in [-0.4, -0.2) is 26.0 Å². The molecule has 108 valence electrons. The Balaban J connectivity index is 2.15. The van der Waals surface area contributed by atoms with Crippen LogP contribution in [0.5, 0.6) is 0 Å². The minimum absolute atomic E-state index is 0.0553. The number of hydrogen-bond acceptors (Lipinski definition) is 3. The first-order chi connectivity index (χ1) is 9.27. The summed E-state index contributed by atoms with van der Waals surface area (Å²) in [5, 5.41) is 3.44. The molecule has 0 spiro atoms. The molecule has 0 fully saturated rings. The number of ether oxygens (including phenoxy) is 2. The summed E-state index contributed by atoms with van der Waals surface area (Å²) in [4.78, 5) is 0. The van der Waals surface area contributed by atoms with Crippen molar-refractivity contribution in [2.45, 2.75) is 39.5 Å². The first-order valence-corrected chi connectivity index (χ1v) is 7.74. The van der Waals surface area contributed by atoms with Gasteiger partial charge in [0.25, 0.3) is 0 Å². The normalized spacial score (nSPS) is 11.2. The van der Waals surface area contributed by atoms with E-state index in [4.69, 9.17) is 9.47 Å². The quantitative estimate of drug-likeness (QED) is 0.524. The Hall–Kier alpha value is -0.420. The standard InChI is InChI=1S/C15H24BrNO2/c1-3-18-15(19-4-2)10-7-11-17-12-13-8-5-6-9-14(13)16/h5-6,8-9,15,17H,3-4,7,10-12H2,1-2H3. The molecule has 3 nitrogen and oxygen atoms in total. The van der Waals surface area contributed by atoms with Crippen molar-refractivity contribution in [1.82, 2.24) is 5.32 Å². The van der Waals surface area contributed by atoms with Gasteiger partial charge in [-0.05, 0) is 44.9 Å². The van der Waals surface area contributed by atoms with Crippen molar-refractivity contribution in [2.75, 3.05) is 19.8 Å². The smallest absolute Gasteiger partial charge is 0.157 e. The maximum atomic E-state index is 5.51. The minimum Gasteiger partial charge on any atom is -0.353 e. The topological polar surface area (TPSA) is 30.5 Å². The summed E-state index contributed by atoms with van der Waals surface area (Å²) in [6, 6.07) is 8.28. The van der Waals surface area contributed by atoms with Crippen LogP contribution >= 0.6 is 15.9 Å². The summed E-state index contributed by atoms with van der Waals surface area (Å²) in [7, 11) is 0. The molecule has 0 aliphatic carbocycles. The molecular weight excluding hydrogens is 306 g/mol. The molecule has 1 N–H and O–H groups in total. The van der Waals surface area contributed by atoms with Gasteiger partial charge in [-0.25, -0.2) is 0 Å². The lowest BCUT2D eigenvalue weighted by molar-refractivity contribution is -0.139. The Bertz CT molecular complexity index is 341. The Morgan fingerprint density at radius 3 is 2.47 bits per heavy atom. The summed E-state index contributed by atoms with van der Waals surface area (Å²) in [5.41, 5.74) is 1.29. The fourth-order valence-corrected chi connectivity index (χ4v) is 2.27. The van der Waals surface area contributed by atoms with Crippen LogP contribution in [0.1, 0.15) is 32.3 Å². The van der Waals surface area contributed by atoms with Crippen LogP contribution in [0, 0.1) is 0 Å². The molecule has 19 heavy (non-hydrogen) atoms. The van der Waals surface area contributed by atoms with Gasteiger partial charge in [0, 0.05) is 24.2 Å². The van der Waals surface area contributed by atoms with Crippen molar-refractivity contribution in [1.29, 1.82) is 0 Å². The highest BCUT2D eigenvalue weighted by molar-refractivity contribution is 9.10. The second-order valence-corrected chi connectivity index (χ2v) is 5.10. The van der Waals surface area contributed by atoms with E-state index < -0.39 is 0 Å². The highest BCUT2D eigenvalue weighted by Gasteiger charge is 2.06. The van der Waals surface area contributed by atoms with E-state index >= 15 is 0 Å². The fourth-order valence-electron chi connectivity index (χ4n) is 1.85. The van der Waals surface area contributed by atoms with Gasteiger partial charge in [-0.1, -0.05) is 34.1 Å². The molecule has 0 heterocycles. The first kappa shape index (κ1) is 16.6. The van der Waals surface area contributed by atoms with Crippen molar-refractivity contribution in [2.24, 2.45) is 0 Å². The van der Waals surface area contributed by atoms with Crippen molar-refractivity contribution in [3.05, 3.63) is 34.3 Å². The fraction of sp³-hybridized carbons (Fsp3) is 0.600. The van der Waals surface area contributed by atoms with Crippen LogP contribution in [-0.2, 0) is 16.0 Å². The number of halogens is 1. The average molecular weight is 330 g/mol. The predicted molar refractivity (Wildman–Crippen MR) is 82.1 cm³/mol. The monoisotopic (exact) mass is 329 g/mol. The van der Waals surface area contributed by atoms with E-state index in [0.717, 1.165) is 30.4 Å². The van der Waals surface area contributed by atoms with Crippen molar-refractivity contribution < 1.29 is 9.47 Å². The first-order valence-electron chi connectivity index (χ1n) is 6.95. The van der Waals surface area contributed by atoms with Crippen molar-refractivity contribution >= 4 is 15.9 Å². The number of benzene rings is 1. The Labute approximate surface area is 124 Å². The second kappa shape index (κ2) is 10.4. The van der Waals surface area contributed by atoms with E-state index in [9.17, 15) is 0 Å². The Kier molecular flexibility index (Phi) is 9.08. The van der Waals surface area contributed by atoms with Crippen LogP contribution in [0.25, 0.3) is 0 Å². The summed E-state index contributed by atoms with van der Waals surface area (Å²) in [5.74, 6) is 0. The molecule has 0 aliphatic rings. The van der Waals surface area contributed by atoms with Gasteiger partial charge in [0.05, 0.1) is 0 Å². The van der Waals surface area contributed by atoms with Gasteiger partial charge in [0.1, 0.15) is 0 Å². The predicted octanol–water partition coefficient (Wildman–Crippen LogP) is 3.72. The Morgan fingerprint density at radius 2 is 1.84 bits per heavy atom. The van der Waals surface area contributed by atoms with E-state index in [2.05, 4.69) is 39.4 Å². The van der Waals surface area contributed by atoms with Gasteiger partial charge in [0.15, 0.2) is 6.29 Å². The molecule has 4 heteroatoms. The third-order valence-corrected chi connectivity index (χ3v) is 3.55. The molecule has 0 saturated heterocycles. The third kappa shape index (κ3) is 7.06. The molecule has 0 radical (unpaired) electrons. The lowest BCUT2D eigenvalue weighted by Gasteiger charge is -2.16. The summed E-state index contributed by atoms with van der Waals surface area (Å²) in [6.07, 6.45) is 1.93. The zero-order valence-corrected chi connectivity index (χ0v) is 13.4. The molecule has 0 amide bonds. The molecule has 0 saturated carbocycles.